The summed E-state index contributed by atoms with van der Waals surface area (Å²) in [5.74, 6) is -1.41. The van der Waals surface area contributed by atoms with Gasteiger partial charge in [-0.3, -0.25) is 9.59 Å². The number of aliphatic hydroxyl groups is 1. The number of rotatable bonds is 5. The molecule has 2 amide bonds. The number of para-hydroxylation sites is 1. The van der Waals surface area contributed by atoms with E-state index in [0.29, 0.717) is 5.69 Å². The summed E-state index contributed by atoms with van der Waals surface area (Å²) in [4.78, 5) is 24.7. The second-order valence-corrected chi connectivity index (χ2v) is 3.58. The number of nitrogens with zero attached hydrogens (tertiary/aromatic N) is 1. The van der Waals surface area contributed by atoms with Crippen LogP contribution >= 0.6 is 0 Å². The van der Waals surface area contributed by atoms with Gasteiger partial charge >= 0.3 is 11.8 Å². The normalized spacial score (nSPS) is 9.61. The summed E-state index contributed by atoms with van der Waals surface area (Å²) in [6, 6.07) is 8.71. The molecule has 0 heterocycles. The molecule has 0 aliphatic carbocycles. The van der Waals surface area contributed by atoms with Gasteiger partial charge in [0.25, 0.3) is 0 Å². The minimum atomic E-state index is -0.725. The first-order valence-electron chi connectivity index (χ1n) is 5.56. The second-order valence-electron chi connectivity index (χ2n) is 3.58. The molecule has 0 radical (unpaired) electrons. The molecule has 0 bridgehead atoms. The van der Waals surface area contributed by atoms with E-state index in [2.05, 4.69) is 11.9 Å². The lowest BCUT2D eigenvalue weighted by Crippen LogP contribution is -2.41. The Morgan fingerprint density at radius 2 is 2.00 bits per heavy atom. The summed E-state index contributed by atoms with van der Waals surface area (Å²) in [5.41, 5.74) is 0.554. The summed E-state index contributed by atoms with van der Waals surface area (Å²) >= 11 is 0. The van der Waals surface area contributed by atoms with Crippen molar-refractivity contribution in [3.63, 3.8) is 0 Å². The van der Waals surface area contributed by atoms with Crippen LogP contribution in [0.2, 0.25) is 0 Å². The highest BCUT2D eigenvalue weighted by atomic mass is 16.3. The van der Waals surface area contributed by atoms with Gasteiger partial charge in [-0.1, -0.05) is 24.3 Å². The summed E-state index contributed by atoms with van der Waals surface area (Å²) < 4.78 is 0. The maximum Gasteiger partial charge on any atom is 0.313 e. The maximum absolute atomic E-state index is 11.8. The van der Waals surface area contributed by atoms with Gasteiger partial charge in [0.2, 0.25) is 0 Å². The van der Waals surface area contributed by atoms with E-state index < -0.39 is 11.8 Å². The van der Waals surface area contributed by atoms with Gasteiger partial charge < -0.3 is 15.3 Å². The lowest BCUT2D eigenvalue weighted by Gasteiger charge is -2.19. The zero-order chi connectivity index (χ0) is 13.4. The number of anilines is 1. The van der Waals surface area contributed by atoms with Crippen molar-refractivity contribution in [2.24, 2.45) is 0 Å². The highest BCUT2D eigenvalue weighted by Gasteiger charge is 2.20. The van der Waals surface area contributed by atoms with Crippen LogP contribution in [-0.2, 0) is 9.59 Å². The maximum atomic E-state index is 11.8. The zero-order valence-corrected chi connectivity index (χ0v) is 10.0. The largest absolute Gasteiger partial charge is 0.395 e. The van der Waals surface area contributed by atoms with Gasteiger partial charge in [0.15, 0.2) is 0 Å². The van der Waals surface area contributed by atoms with Gasteiger partial charge in [-0.2, -0.15) is 0 Å². The number of amides is 2. The molecule has 0 unspecified atom stereocenters. The third-order valence-electron chi connectivity index (χ3n) is 2.23. The van der Waals surface area contributed by atoms with Crippen LogP contribution in [0.15, 0.2) is 43.0 Å². The Kier molecular flexibility index (Phi) is 5.60. The van der Waals surface area contributed by atoms with Crippen LogP contribution in [0.4, 0.5) is 5.69 Å². The fraction of sp³-hybridized carbons (Fsp3) is 0.231. The van der Waals surface area contributed by atoms with Crippen LogP contribution in [-0.4, -0.2) is 41.5 Å². The molecule has 1 rings (SSSR count). The van der Waals surface area contributed by atoms with Crippen molar-refractivity contribution in [1.29, 1.82) is 0 Å². The van der Waals surface area contributed by atoms with Crippen LogP contribution in [0.1, 0.15) is 0 Å². The SMILES string of the molecule is C=CCN(CCO)C(=O)C(=O)Nc1ccccc1. The summed E-state index contributed by atoms with van der Waals surface area (Å²) in [7, 11) is 0. The minimum Gasteiger partial charge on any atom is -0.395 e. The first-order chi connectivity index (χ1) is 8.69. The molecule has 0 aromatic heterocycles. The smallest absolute Gasteiger partial charge is 0.313 e. The van der Waals surface area contributed by atoms with E-state index in [1.54, 1.807) is 24.3 Å². The van der Waals surface area contributed by atoms with Gasteiger partial charge in [-0.15, -0.1) is 6.58 Å². The number of nitrogens with one attached hydrogen (secondary N) is 1. The molecule has 0 aliphatic heterocycles. The van der Waals surface area contributed by atoms with Crippen molar-refractivity contribution in [2.45, 2.75) is 0 Å². The van der Waals surface area contributed by atoms with E-state index in [-0.39, 0.29) is 19.7 Å². The minimum absolute atomic E-state index is 0.104. The standard InChI is InChI=1S/C13H16N2O3/c1-2-8-15(9-10-16)13(18)12(17)14-11-6-4-3-5-7-11/h2-7,16H,1,8-10H2,(H,14,17). The monoisotopic (exact) mass is 248 g/mol. The Balaban J connectivity index is 2.64. The van der Waals surface area contributed by atoms with Crippen LogP contribution in [0, 0.1) is 0 Å². The molecule has 0 saturated carbocycles. The molecule has 0 aliphatic rings. The Morgan fingerprint density at radius 1 is 1.33 bits per heavy atom. The Labute approximate surface area is 106 Å². The van der Waals surface area contributed by atoms with Gasteiger partial charge in [0.05, 0.1) is 6.61 Å². The van der Waals surface area contributed by atoms with Crippen molar-refractivity contribution >= 4 is 17.5 Å². The van der Waals surface area contributed by atoms with Gasteiger partial charge in [-0.25, -0.2) is 0 Å². The number of carbonyl (C=O) groups excluding carboxylic acids is 2. The molecular weight excluding hydrogens is 232 g/mol. The van der Waals surface area contributed by atoms with E-state index in [4.69, 9.17) is 5.11 Å². The molecular formula is C13H16N2O3. The fourth-order valence-corrected chi connectivity index (χ4v) is 1.40. The number of aliphatic hydroxyl groups excluding tert-OH is 1. The van der Waals surface area contributed by atoms with Crippen LogP contribution < -0.4 is 5.32 Å². The van der Waals surface area contributed by atoms with Crippen molar-refractivity contribution in [1.82, 2.24) is 4.90 Å². The second kappa shape index (κ2) is 7.24. The number of hydrogen-bond donors (Lipinski definition) is 2. The predicted molar refractivity (Wildman–Crippen MR) is 68.9 cm³/mol. The third-order valence-corrected chi connectivity index (χ3v) is 2.23. The van der Waals surface area contributed by atoms with Crippen molar-refractivity contribution < 1.29 is 14.7 Å². The van der Waals surface area contributed by atoms with Crippen molar-refractivity contribution in [3.8, 4) is 0 Å². The van der Waals surface area contributed by atoms with Crippen LogP contribution in [0.5, 0.6) is 0 Å². The molecule has 1 aromatic rings. The quantitative estimate of drug-likeness (QED) is 0.593. The van der Waals surface area contributed by atoms with Crippen molar-refractivity contribution in [3.05, 3.63) is 43.0 Å². The molecule has 0 atom stereocenters. The summed E-state index contributed by atoms with van der Waals surface area (Å²) in [6.45, 7) is 3.63. The van der Waals surface area contributed by atoms with Gasteiger partial charge in [-0.05, 0) is 12.1 Å². The Hall–Kier alpha value is -2.14. The summed E-state index contributed by atoms with van der Waals surface area (Å²) in [6.07, 6.45) is 1.50. The van der Waals surface area contributed by atoms with Crippen LogP contribution in [0.25, 0.3) is 0 Å². The molecule has 0 saturated heterocycles. The molecule has 5 heteroatoms. The molecule has 96 valence electrons. The number of hydrogen-bond acceptors (Lipinski definition) is 3. The van der Waals surface area contributed by atoms with E-state index in [0.717, 1.165) is 0 Å². The first-order valence-corrected chi connectivity index (χ1v) is 5.56. The Morgan fingerprint density at radius 3 is 2.56 bits per heavy atom. The third kappa shape index (κ3) is 4.03. The summed E-state index contributed by atoms with van der Waals surface area (Å²) in [5, 5.41) is 11.3. The van der Waals surface area contributed by atoms with Gasteiger partial charge in [0.1, 0.15) is 0 Å². The van der Waals surface area contributed by atoms with Gasteiger partial charge in [0, 0.05) is 18.8 Å². The predicted octanol–water partition coefficient (Wildman–Crippen LogP) is 0.632. The molecule has 0 spiro atoms. The molecule has 0 fully saturated rings. The zero-order valence-electron chi connectivity index (χ0n) is 10.0. The topological polar surface area (TPSA) is 69.6 Å². The molecule has 5 nitrogen and oxygen atoms in total. The van der Waals surface area contributed by atoms with Crippen molar-refractivity contribution in [2.75, 3.05) is 25.0 Å². The highest BCUT2D eigenvalue weighted by Crippen LogP contribution is 2.05. The average Bonchev–Trinajstić information content (AvgIpc) is 2.39. The van der Waals surface area contributed by atoms with E-state index in [9.17, 15) is 9.59 Å². The molecule has 2 N–H and O–H groups in total. The number of benzene rings is 1. The van der Waals surface area contributed by atoms with E-state index in [1.807, 2.05) is 6.07 Å². The Bertz CT molecular complexity index is 418. The average molecular weight is 248 g/mol. The lowest BCUT2D eigenvalue weighted by molar-refractivity contribution is -0.143. The van der Waals surface area contributed by atoms with E-state index in [1.165, 1.54) is 11.0 Å². The van der Waals surface area contributed by atoms with E-state index >= 15 is 0 Å². The highest BCUT2D eigenvalue weighted by molar-refractivity contribution is 6.39. The molecule has 18 heavy (non-hydrogen) atoms. The fourth-order valence-electron chi connectivity index (χ4n) is 1.40. The molecule has 1 aromatic carbocycles. The first kappa shape index (κ1) is 13.9. The van der Waals surface area contributed by atoms with Crippen LogP contribution in [0.3, 0.4) is 0 Å². The lowest BCUT2D eigenvalue weighted by atomic mass is 10.3. The number of carbonyl (C=O) groups is 2.